The minimum atomic E-state index is -0.633. The number of anilines is 1. The first kappa shape index (κ1) is 19.5. The number of nitrogens with one attached hydrogen (secondary N) is 2. The number of carbonyl (C=O) groups excluding carboxylic acids is 2. The van der Waals surface area contributed by atoms with E-state index in [4.69, 9.17) is 0 Å². The summed E-state index contributed by atoms with van der Waals surface area (Å²) in [7, 11) is 2.12. The Morgan fingerprint density at radius 3 is 2.52 bits per heavy atom. The average Bonchev–Trinajstić information content (AvgIpc) is 3.19. The zero-order chi connectivity index (χ0) is 19.2. The topological polar surface area (TPSA) is 64.7 Å². The van der Waals surface area contributed by atoms with Gasteiger partial charge in [0.05, 0.1) is 6.04 Å². The lowest BCUT2D eigenvalue weighted by atomic mass is 10.1. The minimum Gasteiger partial charge on any atom is -0.346 e. The highest BCUT2D eigenvalue weighted by Gasteiger charge is 2.25. The van der Waals surface area contributed by atoms with Gasteiger partial charge in [0, 0.05) is 38.4 Å². The Morgan fingerprint density at radius 2 is 1.85 bits per heavy atom. The first-order valence-corrected chi connectivity index (χ1v) is 10.1. The largest absolute Gasteiger partial charge is 0.346 e. The van der Waals surface area contributed by atoms with E-state index >= 15 is 0 Å². The molecule has 2 N–H and O–H groups in total. The standard InChI is InChI=1S/C20H26N4O2S/c1-15-5-3-4-6-17(15)22-20(26)19(25)21-13-18(16-7-12-27-14-16)24-10-8-23(2)9-11-24/h3-7,12,14,18H,8-11,13H2,1-2H3,(H,21,25)(H,22,26). The Balaban J connectivity index is 1.60. The number of benzene rings is 1. The van der Waals surface area contributed by atoms with Gasteiger partial charge in [-0.25, -0.2) is 0 Å². The van der Waals surface area contributed by atoms with Crippen LogP contribution in [0.1, 0.15) is 17.2 Å². The first-order valence-electron chi connectivity index (χ1n) is 9.14. The number of hydrogen-bond acceptors (Lipinski definition) is 5. The van der Waals surface area contributed by atoms with Crippen molar-refractivity contribution in [2.24, 2.45) is 0 Å². The molecule has 1 aliphatic heterocycles. The van der Waals surface area contributed by atoms with Gasteiger partial charge in [0.15, 0.2) is 0 Å². The van der Waals surface area contributed by atoms with Gasteiger partial charge in [-0.15, -0.1) is 0 Å². The van der Waals surface area contributed by atoms with Crippen LogP contribution in [0.2, 0.25) is 0 Å². The Labute approximate surface area is 164 Å². The molecule has 0 bridgehead atoms. The highest BCUT2D eigenvalue weighted by molar-refractivity contribution is 7.08. The quantitative estimate of drug-likeness (QED) is 0.773. The van der Waals surface area contributed by atoms with E-state index in [2.05, 4.69) is 38.9 Å². The van der Waals surface area contributed by atoms with Gasteiger partial charge in [-0.3, -0.25) is 14.5 Å². The summed E-state index contributed by atoms with van der Waals surface area (Å²) in [6.07, 6.45) is 0. The van der Waals surface area contributed by atoms with Crippen molar-refractivity contribution in [2.45, 2.75) is 13.0 Å². The van der Waals surface area contributed by atoms with Crippen molar-refractivity contribution in [3.63, 3.8) is 0 Å². The third kappa shape index (κ3) is 5.15. The molecule has 0 spiro atoms. The van der Waals surface area contributed by atoms with E-state index in [1.807, 2.05) is 30.5 Å². The smallest absolute Gasteiger partial charge is 0.313 e. The number of aryl methyl sites for hydroxylation is 1. The molecular formula is C20H26N4O2S. The molecule has 0 saturated carbocycles. The van der Waals surface area contributed by atoms with Gasteiger partial charge in [-0.05, 0) is 48.0 Å². The van der Waals surface area contributed by atoms with Crippen molar-refractivity contribution in [1.82, 2.24) is 15.1 Å². The third-order valence-electron chi connectivity index (χ3n) is 4.96. The van der Waals surface area contributed by atoms with Crippen LogP contribution < -0.4 is 10.6 Å². The van der Waals surface area contributed by atoms with Crippen molar-refractivity contribution in [3.8, 4) is 0 Å². The molecule has 0 aliphatic carbocycles. The summed E-state index contributed by atoms with van der Waals surface area (Å²) in [6, 6.07) is 9.59. The second-order valence-corrected chi connectivity index (χ2v) is 7.67. The van der Waals surface area contributed by atoms with Crippen LogP contribution in [0, 0.1) is 6.92 Å². The summed E-state index contributed by atoms with van der Waals surface area (Å²) in [4.78, 5) is 29.2. The fraction of sp³-hybridized carbons (Fsp3) is 0.400. The molecule has 3 rings (SSSR count). The number of nitrogens with zero attached hydrogens (tertiary/aromatic N) is 2. The number of piperazine rings is 1. The lowest BCUT2D eigenvalue weighted by molar-refractivity contribution is -0.136. The monoisotopic (exact) mass is 386 g/mol. The lowest BCUT2D eigenvalue weighted by Crippen LogP contribution is -2.49. The van der Waals surface area contributed by atoms with E-state index in [9.17, 15) is 9.59 Å². The molecule has 1 unspecified atom stereocenters. The number of likely N-dealkylation sites (N-methyl/N-ethyl adjacent to an activating group) is 1. The molecule has 6 nitrogen and oxygen atoms in total. The van der Waals surface area contributed by atoms with Crippen LogP contribution in [0.15, 0.2) is 41.1 Å². The van der Waals surface area contributed by atoms with Gasteiger partial charge in [-0.1, -0.05) is 18.2 Å². The summed E-state index contributed by atoms with van der Waals surface area (Å²) >= 11 is 1.65. The van der Waals surface area contributed by atoms with Crippen LogP contribution in [-0.2, 0) is 9.59 Å². The predicted octanol–water partition coefficient (Wildman–Crippen LogP) is 2.10. The molecule has 1 aromatic carbocycles. The van der Waals surface area contributed by atoms with Crippen molar-refractivity contribution in [1.29, 1.82) is 0 Å². The van der Waals surface area contributed by atoms with E-state index in [0.717, 1.165) is 31.7 Å². The molecule has 2 amide bonds. The summed E-state index contributed by atoms with van der Waals surface area (Å²) < 4.78 is 0. The molecule has 27 heavy (non-hydrogen) atoms. The second-order valence-electron chi connectivity index (χ2n) is 6.89. The number of carbonyl (C=O) groups is 2. The number of para-hydroxylation sites is 1. The van der Waals surface area contributed by atoms with E-state index in [-0.39, 0.29) is 6.04 Å². The summed E-state index contributed by atoms with van der Waals surface area (Å²) in [5, 5.41) is 9.66. The number of thiophene rings is 1. The summed E-state index contributed by atoms with van der Waals surface area (Å²) in [5.41, 5.74) is 2.77. The molecule has 2 heterocycles. The van der Waals surface area contributed by atoms with Crippen molar-refractivity contribution < 1.29 is 9.59 Å². The van der Waals surface area contributed by atoms with Crippen molar-refractivity contribution >= 4 is 28.8 Å². The zero-order valence-corrected chi connectivity index (χ0v) is 16.6. The van der Waals surface area contributed by atoms with Crippen LogP contribution in [0.25, 0.3) is 0 Å². The maximum absolute atomic E-state index is 12.3. The summed E-state index contributed by atoms with van der Waals surface area (Å²) in [5.74, 6) is -1.24. The Hall–Kier alpha value is -2.22. The minimum absolute atomic E-state index is 0.0835. The first-order chi connectivity index (χ1) is 13.0. The van der Waals surface area contributed by atoms with Crippen molar-refractivity contribution in [3.05, 3.63) is 52.2 Å². The highest BCUT2D eigenvalue weighted by Crippen LogP contribution is 2.23. The van der Waals surface area contributed by atoms with Gasteiger partial charge in [0.25, 0.3) is 0 Å². The van der Waals surface area contributed by atoms with E-state index in [1.165, 1.54) is 5.56 Å². The van der Waals surface area contributed by atoms with Crippen LogP contribution in [0.3, 0.4) is 0 Å². The number of hydrogen-bond donors (Lipinski definition) is 2. The predicted molar refractivity (Wildman–Crippen MR) is 109 cm³/mol. The maximum atomic E-state index is 12.3. The van der Waals surface area contributed by atoms with Gasteiger partial charge in [-0.2, -0.15) is 11.3 Å². The zero-order valence-electron chi connectivity index (χ0n) is 15.8. The van der Waals surface area contributed by atoms with E-state index in [0.29, 0.717) is 12.2 Å². The SMILES string of the molecule is Cc1ccccc1NC(=O)C(=O)NCC(c1ccsc1)N1CCN(C)CC1. The van der Waals surface area contributed by atoms with Crippen LogP contribution in [-0.4, -0.2) is 61.4 Å². The molecular weight excluding hydrogens is 360 g/mol. The highest BCUT2D eigenvalue weighted by atomic mass is 32.1. The Kier molecular flexibility index (Phi) is 6.60. The molecule has 2 aromatic rings. The molecule has 1 atom stereocenters. The third-order valence-corrected chi connectivity index (χ3v) is 5.66. The number of amides is 2. The van der Waals surface area contributed by atoms with Crippen molar-refractivity contribution in [2.75, 3.05) is 45.1 Å². The van der Waals surface area contributed by atoms with Crippen LogP contribution in [0.4, 0.5) is 5.69 Å². The molecule has 144 valence electrons. The van der Waals surface area contributed by atoms with E-state index in [1.54, 1.807) is 17.4 Å². The fourth-order valence-electron chi connectivity index (χ4n) is 3.22. The van der Waals surface area contributed by atoms with E-state index < -0.39 is 11.8 Å². The lowest BCUT2D eigenvalue weighted by Gasteiger charge is -2.37. The fourth-order valence-corrected chi connectivity index (χ4v) is 3.92. The van der Waals surface area contributed by atoms with Gasteiger partial charge < -0.3 is 15.5 Å². The van der Waals surface area contributed by atoms with Gasteiger partial charge >= 0.3 is 11.8 Å². The Morgan fingerprint density at radius 1 is 1.11 bits per heavy atom. The summed E-state index contributed by atoms with van der Waals surface area (Å²) in [6.45, 7) is 6.21. The molecule has 1 aliphatic rings. The normalized spacial score (nSPS) is 16.7. The Bertz CT molecular complexity index is 770. The van der Waals surface area contributed by atoms with Crippen LogP contribution >= 0.6 is 11.3 Å². The molecule has 0 radical (unpaired) electrons. The molecule has 1 aromatic heterocycles. The maximum Gasteiger partial charge on any atom is 0.313 e. The van der Waals surface area contributed by atoms with Crippen LogP contribution in [0.5, 0.6) is 0 Å². The average molecular weight is 387 g/mol. The van der Waals surface area contributed by atoms with Gasteiger partial charge in [0.1, 0.15) is 0 Å². The number of rotatable bonds is 5. The molecule has 1 saturated heterocycles. The van der Waals surface area contributed by atoms with Gasteiger partial charge in [0.2, 0.25) is 0 Å². The molecule has 1 fully saturated rings. The second kappa shape index (κ2) is 9.12. The molecule has 7 heteroatoms.